The van der Waals surface area contributed by atoms with Crippen molar-refractivity contribution in [2.45, 2.75) is 71.9 Å². The van der Waals surface area contributed by atoms with E-state index < -0.39 is 6.10 Å². The molecule has 1 saturated carbocycles. The van der Waals surface area contributed by atoms with E-state index in [1.54, 1.807) is 0 Å². The maximum Gasteiger partial charge on any atom is 0.0969 e. The molecule has 1 aromatic carbocycles. The molecule has 0 spiro atoms. The number of allylic oxidation sites excluding steroid dienone is 1. The Morgan fingerprint density at radius 2 is 1.89 bits per heavy atom. The molecule has 3 rings (SSSR count). The van der Waals surface area contributed by atoms with Gasteiger partial charge in [-0.05, 0) is 68.7 Å². The number of nitrogens with zero attached hydrogens (tertiary/aromatic N) is 3. The van der Waals surface area contributed by atoms with Gasteiger partial charge in [0, 0.05) is 61.8 Å². The van der Waals surface area contributed by atoms with Gasteiger partial charge in [-0.1, -0.05) is 45.2 Å². The Bertz CT molecular complexity index is 1030. The first-order valence-electron chi connectivity index (χ1n) is 13.7. The topological polar surface area (TPSA) is 71.3 Å². The number of benzene rings is 1. The van der Waals surface area contributed by atoms with E-state index in [2.05, 4.69) is 79.2 Å². The maximum atomic E-state index is 10.5. The molecule has 0 aromatic heterocycles. The van der Waals surface area contributed by atoms with E-state index in [1.165, 1.54) is 34.2 Å². The smallest absolute Gasteiger partial charge is 0.0969 e. The molecule has 0 bridgehead atoms. The van der Waals surface area contributed by atoms with Crippen LogP contribution >= 0.6 is 0 Å². The molecule has 1 saturated heterocycles. The number of nitrogens with one attached hydrogen (secondary N) is 1. The zero-order valence-corrected chi connectivity index (χ0v) is 23.8. The average Bonchev–Trinajstić information content (AvgIpc) is 3.16. The zero-order valence-electron chi connectivity index (χ0n) is 23.8. The Morgan fingerprint density at radius 1 is 1.24 bits per heavy atom. The van der Waals surface area contributed by atoms with Gasteiger partial charge in [0.15, 0.2) is 0 Å². The zero-order chi connectivity index (χ0) is 27.3. The van der Waals surface area contributed by atoms with E-state index >= 15 is 0 Å². The number of aryl methyl sites for hydroxylation is 2. The average molecular weight is 509 g/mol. The molecule has 1 heterocycles. The van der Waals surface area contributed by atoms with Crippen LogP contribution in [0.5, 0.6) is 0 Å². The van der Waals surface area contributed by atoms with Crippen molar-refractivity contribution in [1.29, 1.82) is 0 Å². The van der Waals surface area contributed by atoms with Crippen molar-refractivity contribution in [3.8, 4) is 0 Å². The molecular formula is C31H48N4O2. The minimum Gasteiger partial charge on any atom is -0.394 e. The van der Waals surface area contributed by atoms with Gasteiger partial charge in [-0.25, -0.2) is 0 Å². The second-order valence-electron chi connectivity index (χ2n) is 11.3. The Kier molecular flexibility index (Phi) is 9.79. The highest BCUT2D eigenvalue weighted by Crippen LogP contribution is 2.34. The standard InChI is InChI=1S/C31H48N4O2/c1-9-25-11-12-26(17-21(25)3)27(19-33-31(7,8)20-36)23(5)34-13-15-35(16-14-34)24(6)29-22(4)18-28(37)30(29)32-10-2/h10-12,17,22,27-28,33,36-37H,2,5,9,13-16,18-20H2,1,3-4,6-8H3/b29-24+,32-30?/t22?,27?,28-/m1/s1. The first-order valence-corrected chi connectivity index (χ1v) is 13.7. The van der Waals surface area contributed by atoms with Crippen molar-refractivity contribution in [1.82, 2.24) is 15.1 Å². The second-order valence-corrected chi connectivity index (χ2v) is 11.3. The predicted molar refractivity (Wildman–Crippen MR) is 155 cm³/mol. The minimum atomic E-state index is -0.516. The van der Waals surface area contributed by atoms with Crippen LogP contribution in [0, 0.1) is 12.8 Å². The van der Waals surface area contributed by atoms with Gasteiger partial charge in [-0.3, -0.25) is 4.99 Å². The molecule has 6 heteroatoms. The van der Waals surface area contributed by atoms with Crippen LogP contribution in [0.3, 0.4) is 0 Å². The van der Waals surface area contributed by atoms with Crippen molar-refractivity contribution < 1.29 is 10.2 Å². The molecule has 2 unspecified atom stereocenters. The lowest BCUT2D eigenvalue weighted by atomic mass is 9.90. The van der Waals surface area contributed by atoms with E-state index in [4.69, 9.17) is 0 Å². The number of hydrogen-bond donors (Lipinski definition) is 3. The Balaban J connectivity index is 1.78. The van der Waals surface area contributed by atoms with Crippen LogP contribution in [0.4, 0.5) is 0 Å². The Morgan fingerprint density at radius 3 is 2.46 bits per heavy atom. The van der Waals surface area contributed by atoms with Crippen molar-refractivity contribution in [2.75, 3.05) is 39.3 Å². The lowest BCUT2D eigenvalue weighted by Gasteiger charge is -2.42. The molecule has 6 nitrogen and oxygen atoms in total. The van der Waals surface area contributed by atoms with Crippen molar-refractivity contribution in [3.63, 3.8) is 0 Å². The van der Waals surface area contributed by atoms with Crippen LogP contribution in [0.1, 0.15) is 63.6 Å². The van der Waals surface area contributed by atoms with E-state index in [0.717, 1.165) is 50.6 Å². The first kappa shape index (κ1) is 29.2. The number of rotatable bonds is 10. The highest BCUT2D eigenvalue weighted by atomic mass is 16.3. The summed E-state index contributed by atoms with van der Waals surface area (Å²) in [5.41, 5.74) is 7.87. The SMILES string of the molecule is C=CN=C1/C(=C(\C)N2CCN(C(=C)C(CNC(C)(C)CO)c3ccc(CC)c(C)c3)CC2)C(C)C[C@H]1O. The third kappa shape index (κ3) is 6.73. The molecule has 3 N–H and O–H groups in total. The van der Waals surface area contributed by atoms with Crippen molar-refractivity contribution in [3.05, 3.63) is 71.2 Å². The molecule has 2 fully saturated rings. The van der Waals surface area contributed by atoms with E-state index in [0.29, 0.717) is 6.42 Å². The van der Waals surface area contributed by atoms with Crippen LogP contribution in [0.15, 0.2) is 59.5 Å². The molecule has 204 valence electrons. The van der Waals surface area contributed by atoms with E-state index in [1.807, 2.05) is 13.8 Å². The molecular weight excluding hydrogens is 460 g/mol. The molecule has 2 aliphatic rings. The molecule has 0 radical (unpaired) electrons. The summed E-state index contributed by atoms with van der Waals surface area (Å²) in [7, 11) is 0. The molecule has 0 amide bonds. The van der Waals surface area contributed by atoms with E-state index in [9.17, 15) is 10.2 Å². The van der Waals surface area contributed by atoms with Gasteiger partial charge in [0.2, 0.25) is 0 Å². The summed E-state index contributed by atoms with van der Waals surface area (Å²) in [4.78, 5) is 9.26. The fourth-order valence-electron chi connectivity index (χ4n) is 5.71. The second kappa shape index (κ2) is 12.4. The fraction of sp³-hybridized carbons (Fsp3) is 0.581. The quantitative estimate of drug-likeness (QED) is 0.437. The summed E-state index contributed by atoms with van der Waals surface area (Å²) in [5.74, 6) is 0.402. The fourth-order valence-corrected chi connectivity index (χ4v) is 5.71. The third-order valence-electron chi connectivity index (χ3n) is 8.17. The number of piperazine rings is 1. The minimum absolute atomic E-state index is 0.0802. The molecule has 1 aliphatic heterocycles. The van der Waals surface area contributed by atoms with Gasteiger partial charge >= 0.3 is 0 Å². The molecule has 37 heavy (non-hydrogen) atoms. The molecule has 1 aliphatic carbocycles. The van der Waals surface area contributed by atoms with Gasteiger partial charge in [-0.15, -0.1) is 0 Å². The third-order valence-corrected chi connectivity index (χ3v) is 8.17. The highest BCUT2D eigenvalue weighted by Gasteiger charge is 2.35. The summed E-state index contributed by atoms with van der Waals surface area (Å²) in [5, 5.41) is 23.9. The molecule has 1 aromatic rings. The monoisotopic (exact) mass is 508 g/mol. The van der Waals surface area contributed by atoms with Gasteiger partial charge in [0.05, 0.1) is 18.4 Å². The first-order chi connectivity index (χ1) is 17.5. The number of aliphatic hydroxyl groups is 2. The van der Waals surface area contributed by atoms with Crippen LogP contribution in [0.25, 0.3) is 0 Å². The number of aliphatic imine (C=N–C) groups is 1. The van der Waals surface area contributed by atoms with Gasteiger partial charge in [-0.2, -0.15) is 0 Å². The lowest BCUT2D eigenvalue weighted by Crippen LogP contribution is -2.48. The van der Waals surface area contributed by atoms with Crippen LogP contribution in [-0.4, -0.2) is 76.7 Å². The van der Waals surface area contributed by atoms with Crippen molar-refractivity contribution in [2.24, 2.45) is 10.9 Å². The van der Waals surface area contributed by atoms with Crippen LogP contribution in [0.2, 0.25) is 0 Å². The van der Waals surface area contributed by atoms with E-state index in [-0.39, 0.29) is 24.0 Å². The van der Waals surface area contributed by atoms with Gasteiger partial charge in [0.25, 0.3) is 0 Å². The summed E-state index contributed by atoms with van der Waals surface area (Å²) in [6.07, 6.45) is 2.76. The largest absolute Gasteiger partial charge is 0.394 e. The summed E-state index contributed by atoms with van der Waals surface area (Å²) < 4.78 is 0. The van der Waals surface area contributed by atoms with Crippen molar-refractivity contribution >= 4 is 5.71 Å². The lowest BCUT2D eigenvalue weighted by molar-refractivity contribution is 0.173. The maximum absolute atomic E-state index is 10.5. The van der Waals surface area contributed by atoms with Gasteiger partial charge in [0.1, 0.15) is 0 Å². The Hall–Kier alpha value is -2.41. The Labute approximate surface area is 224 Å². The van der Waals surface area contributed by atoms with Gasteiger partial charge < -0.3 is 25.3 Å². The summed E-state index contributed by atoms with van der Waals surface area (Å²) in [6, 6.07) is 6.79. The highest BCUT2D eigenvalue weighted by molar-refractivity contribution is 6.06. The summed E-state index contributed by atoms with van der Waals surface area (Å²) >= 11 is 0. The van der Waals surface area contributed by atoms with Crippen LogP contribution in [-0.2, 0) is 6.42 Å². The number of hydrogen-bond acceptors (Lipinski definition) is 6. The summed E-state index contributed by atoms with van der Waals surface area (Å²) in [6.45, 7) is 25.5. The normalized spacial score (nSPS) is 23.9. The predicted octanol–water partition coefficient (Wildman–Crippen LogP) is 4.39. The van der Waals surface area contributed by atoms with Crippen LogP contribution < -0.4 is 5.32 Å². The number of aliphatic hydroxyl groups excluding tert-OH is 2. The molecule has 3 atom stereocenters.